The van der Waals surface area contributed by atoms with Crippen molar-refractivity contribution in [2.24, 2.45) is 5.92 Å². The predicted octanol–water partition coefficient (Wildman–Crippen LogP) is 0.794. The van der Waals surface area contributed by atoms with E-state index in [-0.39, 0.29) is 12.5 Å². The normalized spacial score (nSPS) is 32.5. The minimum atomic E-state index is -0.497. The Morgan fingerprint density at radius 2 is 1.94 bits per heavy atom. The van der Waals surface area contributed by atoms with Crippen LogP contribution in [0.4, 0.5) is 0 Å². The number of carbonyl (C=O) groups excluding carboxylic acids is 1. The summed E-state index contributed by atoms with van der Waals surface area (Å²) in [6, 6.07) is 1.27. The quantitative estimate of drug-likeness (QED) is 0.681. The molecule has 4 nitrogen and oxygen atoms in total. The van der Waals surface area contributed by atoms with Crippen molar-refractivity contribution in [3.63, 3.8) is 0 Å². The van der Waals surface area contributed by atoms with Crippen molar-refractivity contribution < 1.29 is 9.90 Å². The summed E-state index contributed by atoms with van der Waals surface area (Å²) >= 11 is 0. The second-order valence-corrected chi connectivity index (χ2v) is 6.27. The van der Waals surface area contributed by atoms with Crippen LogP contribution in [0.15, 0.2) is 0 Å². The molecule has 0 saturated carbocycles. The van der Waals surface area contributed by atoms with Crippen LogP contribution in [0.1, 0.15) is 46.0 Å². The van der Waals surface area contributed by atoms with Gasteiger partial charge in [0.05, 0.1) is 12.1 Å². The molecule has 2 aliphatic heterocycles. The van der Waals surface area contributed by atoms with Gasteiger partial charge in [-0.05, 0) is 45.4 Å². The Balaban J connectivity index is 1.79. The summed E-state index contributed by atoms with van der Waals surface area (Å²) in [5.74, 6) is 0.596. The van der Waals surface area contributed by atoms with E-state index in [0.29, 0.717) is 24.4 Å². The summed E-state index contributed by atoms with van der Waals surface area (Å²) < 4.78 is 0. The van der Waals surface area contributed by atoms with E-state index in [9.17, 15) is 4.79 Å². The zero-order chi connectivity index (χ0) is 12.5. The van der Waals surface area contributed by atoms with E-state index < -0.39 is 5.54 Å². The second-order valence-electron chi connectivity index (χ2n) is 6.27. The zero-order valence-corrected chi connectivity index (χ0v) is 10.8. The molecule has 2 rings (SSSR count). The van der Waals surface area contributed by atoms with Crippen LogP contribution in [-0.4, -0.2) is 35.2 Å². The summed E-state index contributed by atoms with van der Waals surface area (Å²) in [7, 11) is 0. The summed E-state index contributed by atoms with van der Waals surface area (Å²) in [4.78, 5) is 11.9. The van der Waals surface area contributed by atoms with Gasteiger partial charge in [-0.15, -0.1) is 0 Å². The number of piperidine rings is 1. The van der Waals surface area contributed by atoms with Crippen LogP contribution in [0, 0.1) is 5.92 Å². The average molecular weight is 240 g/mol. The van der Waals surface area contributed by atoms with Gasteiger partial charge >= 0.3 is 0 Å². The van der Waals surface area contributed by atoms with E-state index in [4.69, 9.17) is 5.11 Å². The lowest BCUT2D eigenvalue weighted by Gasteiger charge is -2.30. The number of hydrogen-bond acceptors (Lipinski definition) is 3. The molecule has 0 aromatic rings. The van der Waals surface area contributed by atoms with Crippen molar-refractivity contribution in [2.45, 2.75) is 63.6 Å². The lowest BCUT2D eigenvalue weighted by Crippen LogP contribution is -2.47. The maximum atomic E-state index is 11.9. The van der Waals surface area contributed by atoms with Crippen LogP contribution in [0.25, 0.3) is 0 Å². The maximum Gasteiger partial charge on any atom is 0.220 e. The van der Waals surface area contributed by atoms with E-state index >= 15 is 0 Å². The van der Waals surface area contributed by atoms with Gasteiger partial charge in [0.25, 0.3) is 0 Å². The van der Waals surface area contributed by atoms with Crippen molar-refractivity contribution >= 4 is 5.91 Å². The van der Waals surface area contributed by atoms with Gasteiger partial charge in [-0.3, -0.25) is 4.79 Å². The van der Waals surface area contributed by atoms with Gasteiger partial charge in [0.15, 0.2) is 0 Å². The van der Waals surface area contributed by atoms with Crippen LogP contribution in [-0.2, 0) is 4.79 Å². The summed E-state index contributed by atoms with van der Waals surface area (Å²) in [6.45, 7) is 3.67. The molecule has 2 heterocycles. The average Bonchev–Trinajstić information content (AvgIpc) is 2.57. The fourth-order valence-electron chi connectivity index (χ4n) is 3.07. The molecule has 17 heavy (non-hydrogen) atoms. The van der Waals surface area contributed by atoms with E-state index in [0.717, 1.165) is 12.8 Å². The van der Waals surface area contributed by atoms with Crippen LogP contribution in [0.5, 0.6) is 0 Å². The van der Waals surface area contributed by atoms with Gasteiger partial charge in [-0.2, -0.15) is 0 Å². The van der Waals surface area contributed by atoms with Gasteiger partial charge in [0, 0.05) is 18.5 Å². The molecule has 2 unspecified atom stereocenters. The molecule has 0 aliphatic carbocycles. The fourth-order valence-corrected chi connectivity index (χ4v) is 3.07. The summed E-state index contributed by atoms with van der Waals surface area (Å²) in [6.07, 6.45) is 5.40. The topological polar surface area (TPSA) is 61.4 Å². The molecular weight excluding hydrogens is 216 g/mol. The second kappa shape index (κ2) is 4.94. The van der Waals surface area contributed by atoms with Gasteiger partial charge in [0.1, 0.15) is 0 Å². The van der Waals surface area contributed by atoms with Crippen molar-refractivity contribution in [2.75, 3.05) is 6.61 Å². The monoisotopic (exact) mass is 240 g/mol. The number of carbonyl (C=O) groups is 1. The molecule has 3 N–H and O–H groups in total. The number of aliphatic hydroxyl groups is 1. The molecule has 0 radical (unpaired) electrons. The van der Waals surface area contributed by atoms with Gasteiger partial charge in [0.2, 0.25) is 5.91 Å². The predicted molar refractivity (Wildman–Crippen MR) is 66.6 cm³/mol. The molecule has 0 spiro atoms. The third-order valence-electron chi connectivity index (χ3n) is 3.92. The number of nitrogens with one attached hydrogen (secondary N) is 2. The van der Waals surface area contributed by atoms with E-state index in [1.165, 1.54) is 12.8 Å². The first-order valence-electron chi connectivity index (χ1n) is 6.66. The third kappa shape index (κ3) is 3.42. The maximum absolute atomic E-state index is 11.9. The molecule has 2 fully saturated rings. The first-order valence-corrected chi connectivity index (χ1v) is 6.66. The molecule has 2 atom stereocenters. The Kier molecular flexibility index (Phi) is 3.73. The fraction of sp³-hybridized carbons (Fsp3) is 0.923. The largest absolute Gasteiger partial charge is 0.394 e. The number of hydrogen-bond donors (Lipinski definition) is 3. The SMILES string of the molecule is CC(C)(CO)NC(=O)CC1CC2CCC(C1)N2. The standard InChI is InChI=1S/C13H24N2O2/c1-13(2,8-16)15-12(17)7-9-5-10-3-4-11(6-9)14-10/h9-11,14,16H,3-8H2,1-2H3,(H,15,17). The Bertz CT molecular complexity index is 279. The Morgan fingerprint density at radius 1 is 1.35 bits per heavy atom. The highest BCUT2D eigenvalue weighted by atomic mass is 16.3. The molecule has 1 amide bonds. The minimum absolute atomic E-state index is 0.0176. The molecule has 2 saturated heterocycles. The van der Waals surface area contributed by atoms with Gasteiger partial charge in [-0.25, -0.2) is 0 Å². The van der Waals surface area contributed by atoms with Crippen LogP contribution < -0.4 is 10.6 Å². The van der Waals surface area contributed by atoms with Crippen LogP contribution >= 0.6 is 0 Å². The minimum Gasteiger partial charge on any atom is -0.394 e. The highest BCUT2D eigenvalue weighted by Gasteiger charge is 2.34. The lowest BCUT2D eigenvalue weighted by atomic mass is 9.89. The number of amides is 1. The molecule has 98 valence electrons. The highest BCUT2D eigenvalue weighted by molar-refractivity contribution is 5.77. The van der Waals surface area contributed by atoms with Crippen LogP contribution in [0.3, 0.4) is 0 Å². The van der Waals surface area contributed by atoms with E-state index in [1.54, 1.807) is 0 Å². The summed E-state index contributed by atoms with van der Waals surface area (Å²) in [5.41, 5.74) is -0.497. The Morgan fingerprint density at radius 3 is 2.47 bits per heavy atom. The first-order chi connectivity index (χ1) is 7.98. The van der Waals surface area contributed by atoms with Crippen LogP contribution in [0.2, 0.25) is 0 Å². The highest BCUT2D eigenvalue weighted by Crippen LogP contribution is 2.32. The smallest absolute Gasteiger partial charge is 0.220 e. The van der Waals surface area contributed by atoms with Gasteiger partial charge in [-0.1, -0.05) is 0 Å². The summed E-state index contributed by atoms with van der Waals surface area (Å²) in [5, 5.41) is 15.6. The Hall–Kier alpha value is -0.610. The number of rotatable bonds is 4. The van der Waals surface area contributed by atoms with Crippen molar-refractivity contribution in [3.05, 3.63) is 0 Å². The van der Waals surface area contributed by atoms with Gasteiger partial charge < -0.3 is 15.7 Å². The first kappa shape index (κ1) is 12.8. The van der Waals surface area contributed by atoms with E-state index in [1.807, 2.05) is 13.8 Å². The van der Waals surface area contributed by atoms with Crippen molar-refractivity contribution in [1.82, 2.24) is 10.6 Å². The zero-order valence-electron chi connectivity index (χ0n) is 10.8. The van der Waals surface area contributed by atoms with E-state index in [2.05, 4.69) is 10.6 Å². The molecular formula is C13H24N2O2. The number of aliphatic hydroxyl groups excluding tert-OH is 1. The molecule has 0 aromatic heterocycles. The Labute approximate surface area is 103 Å². The van der Waals surface area contributed by atoms with Crippen molar-refractivity contribution in [3.8, 4) is 0 Å². The molecule has 4 heteroatoms. The molecule has 2 bridgehead atoms. The lowest BCUT2D eigenvalue weighted by molar-refractivity contribution is -0.124. The van der Waals surface area contributed by atoms with Crippen molar-refractivity contribution in [1.29, 1.82) is 0 Å². The molecule has 2 aliphatic rings. The number of fused-ring (bicyclic) bond motifs is 2. The molecule has 0 aromatic carbocycles. The third-order valence-corrected chi connectivity index (χ3v) is 3.92.